The van der Waals surface area contributed by atoms with E-state index in [4.69, 9.17) is 5.11 Å². The Hall–Kier alpha value is -0.910. The van der Waals surface area contributed by atoms with E-state index in [1.807, 2.05) is 12.1 Å². The van der Waals surface area contributed by atoms with Gasteiger partial charge in [-0.05, 0) is 25.0 Å². The monoisotopic (exact) mass is 254 g/mol. The lowest BCUT2D eigenvalue weighted by molar-refractivity contribution is -0.136. The second-order valence-corrected chi connectivity index (χ2v) is 5.57. The van der Waals surface area contributed by atoms with Crippen LogP contribution in [-0.2, 0) is 17.8 Å². The highest BCUT2D eigenvalue weighted by Crippen LogP contribution is 2.17. The summed E-state index contributed by atoms with van der Waals surface area (Å²) < 4.78 is 0. The first-order valence-corrected chi connectivity index (χ1v) is 6.83. The van der Waals surface area contributed by atoms with Gasteiger partial charge >= 0.3 is 5.97 Å². The van der Waals surface area contributed by atoms with Gasteiger partial charge in [0, 0.05) is 29.4 Å². The second kappa shape index (κ2) is 6.14. The number of carboxylic acid groups (broad SMARTS) is 1. The summed E-state index contributed by atoms with van der Waals surface area (Å²) in [4.78, 5) is 12.7. The molecule has 0 aromatic carbocycles. The Bertz CT molecular complexity index is 372. The SMILES string of the molecule is O=C(O)Cc1ccc(CNN2CCCCC2)s1. The average molecular weight is 254 g/mol. The first-order chi connectivity index (χ1) is 8.24. The van der Waals surface area contributed by atoms with Gasteiger partial charge in [0.25, 0.3) is 0 Å². The lowest BCUT2D eigenvalue weighted by atomic mass is 10.2. The highest BCUT2D eigenvalue weighted by molar-refractivity contribution is 7.12. The lowest BCUT2D eigenvalue weighted by Gasteiger charge is -2.26. The zero-order chi connectivity index (χ0) is 12.1. The molecule has 1 aliphatic heterocycles. The van der Waals surface area contributed by atoms with E-state index >= 15 is 0 Å². The molecule has 5 heteroatoms. The van der Waals surface area contributed by atoms with Crippen molar-refractivity contribution in [2.45, 2.75) is 32.2 Å². The molecule has 0 amide bonds. The summed E-state index contributed by atoms with van der Waals surface area (Å²) in [5.41, 5.74) is 3.40. The molecule has 2 N–H and O–H groups in total. The van der Waals surface area contributed by atoms with Crippen molar-refractivity contribution in [1.82, 2.24) is 10.4 Å². The standard InChI is InChI=1S/C12H18N2O2S/c15-12(16)8-10-4-5-11(17-10)9-13-14-6-2-1-3-7-14/h4-5,13H,1-3,6-9H2,(H,15,16). The van der Waals surface area contributed by atoms with E-state index < -0.39 is 5.97 Å². The fourth-order valence-corrected chi connectivity index (χ4v) is 2.94. The zero-order valence-corrected chi connectivity index (χ0v) is 10.6. The predicted molar refractivity (Wildman–Crippen MR) is 67.9 cm³/mol. The number of hydrogen-bond donors (Lipinski definition) is 2. The van der Waals surface area contributed by atoms with E-state index in [-0.39, 0.29) is 6.42 Å². The van der Waals surface area contributed by atoms with Crippen LogP contribution in [0.1, 0.15) is 29.0 Å². The third-order valence-electron chi connectivity index (χ3n) is 2.88. The van der Waals surface area contributed by atoms with Crippen molar-refractivity contribution < 1.29 is 9.90 Å². The highest BCUT2D eigenvalue weighted by Gasteiger charge is 2.10. The molecule has 1 aliphatic rings. The molecule has 0 atom stereocenters. The highest BCUT2D eigenvalue weighted by atomic mass is 32.1. The number of nitrogens with zero attached hydrogens (tertiary/aromatic N) is 1. The Labute approximate surface area is 105 Å². The molecular formula is C12H18N2O2S. The molecule has 0 radical (unpaired) electrons. The zero-order valence-electron chi connectivity index (χ0n) is 9.82. The van der Waals surface area contributed by atoms with E-state index in [0.717, 1.165) is 24.5 Å². The van der Waals surface area contributed by atoms with Crippen molar-refractivity contribution in [3.05, 3.63) is 21.9 Å². The fraction of sp³-hybridized carbons (Fsp3) is 0.583. The van der Waals surface area contributed by atoms with Gasteiger partial charge in [-0.2, -0.15) is 0 Å². The van der Waals surface area contributed by atoms with Crippen molar-refractivity contribution in [1.29, 1.82) is 0 Å². The number of aliphatic carboxylic acids is 1. The maximum absolute atomic E-state index is 10.6. The van der Waals surface area contributed by atoms with E-state index in [2.05, 4.69) is 10.4 Å². The number of nitrogens with one attached hydrogen (secondary N) is 1. The van der Waals surface area contributed by atoms with Gasteiger partial charge in [0.15, 0.2) is 0 Å². The van der Waals surface area contributed by atoms with Gasteiger partial charge in [0.2, 0.25) is 0 Å². The summed E-state index contributed by atoms with van der Waals surface area (Å²) in [6.45, 7) is 3.05. The molecule has 94 valence electrons. The van der Waals surface area contributed by atoms with Gasteiger partial charge < -0.3 is 5.11 Å². The molecule has 2 heterocycles. The topological polar surface area (TPSA) is 52.6 Å². The van der Waals surface area contributed by atoms with Crippen LogP contribution in [0, 0.1) is 0 Å². The molecule has 1 aromatic rings. The number of thiophene rings is 1. The normalized spacial score (nSPS) is 17.2. The Morgan fingerprint density at radius 3 is 2.71 bits per heavy atom. The first-order valence-electron chi connectivity index (χ1n) is 6.02. The Morgan fingerprint density at radius 2 is 2.00 bits per heavy atom. The number of hydrogen-bond acceptors (Lipinski definition) is 4. The number of carbonyl (C=O) groups is 1. The van der Waals surface area contributed by atoms with Crippen molar-refractivity contribution in [3.8, 4) is 0 Å². The quantitative estimate of drug-likeness (QED) is 0.842. The minimum Gasteiger partial charge on any atom is -0.481 e. The van der Waals surface area contributed by atoms with E-state index in [1.165, 1.54) is 24.1 Å². The number of carboxylic acids is 1. The van der Waals surface area contributed by atoms with Crippen LogP contribution in [0.2, 0.25) is 0 Å². The molecule has 0 spiro atoms. The van der Waals surface area contributed by atoms with E-state index in [1.54, 1.807) is 11.3 Å². The van der Waals surface area contributed by atoms with Crippen LogP contribution in [-0.4, -0.2) is 29.2 Å². The van der Waals surface area contributed by atoms with Gasteiger partial charge in [-0.3, -0.25) is 4.79 Å². The van der Waals surface area contributed by atoms with Crippen molar-refractivity contribution in [2.75, 3.05) is 13.1 Å². The molecular weight excluding hydrogens is 236 g/mol. The van der Waals surface area contributed by atoms with Gasteiger partial charge in [0.05, 0.1) is 6.42 Å². The molecule has 0 bridgehead atoms. The molecule has 17 heavy (non-hydrogen) atoms. The predicted octanol–water partition coefficient (Wildman–Crippen LogP) is 1.87. The van der Waals surface area contributed by atoms with E-state index in [9.17, 15) is 4.79 Å². The minimum absolute atomic E-state index is 0.133. The molecule has 1 aromatic heterocycles. The third kappa shape index (κ3) is 4.11. The average Bonchev–Trinajstić information content (AvgIpc) is 2.75. The fourth-order valence-electron chi connectivity index (χ4n) is 2.00. The summed E-state index contributed by atoms with van der Waals surface area (Å²) in [6.07, 6.45) is 4.00. The number of piperidine rings is 1. The largest absolute Gasteiger partial charge is 0.481 e. The van der Waals surface area contributed by atoms with Crippen LogP contribution >= 0.6 is 11.3 Å². The Balaban J connectivity index is 1.78. The smallest absolute Gasteiger partial charge is 0.308 e. The van der Waals surface area contributed by atoms with Crippen molar-refractivity contribution in [2.24, 2.45) is 0 Å². The van der Waals surface area contributed by atoms with Crippen LogP contribution in [0.5, 0.6) is 0 Å². The molecule has 0 saturated carbocycles. The van der Waals surface area contributed by atoms with E-state index in [0.29, 0.717) is 0 Å². The summed E-state index contributed by atoms with van der Waals surface area (Å²) >= 11 is 1.58. The van der Waals surface area contributed by atoms with Gasteiger partial charge in [-0.25, -0.2) is 10.4 Å². The van der Waals surface area contributed by atoms with Gasteiger partial charge in [-0.15, -0.1) is 11.3 Å². The Kier molecular flexibility index (Phi) is 4.53. The van der Waals surface area contributed by atoms with Crippen LogP contribution in [0.4, 0.5) is 0 Å². The van der Waals surface area contributed by atoms with Crippen molar-refractivity contribution in [3.63, 3.8) is 0 Å². The first kappa shape index (κ1) is 12.5. The second-order valence-electron chi connectivity index (χ2n) is 4.32. The molecule has 4 nitrogen and oxygen atoms in total. The molecule has 0 aliphatic carbocycles. The van der Waals surface area contributed by atoms with Gasteiger partial charge in [0.1, 0.15) is 0 Å². The molecule has 1 saturated heterocycles. The molecule has 2 rings (SSSR count). The number of rotatable bonds is 5. The maximum atomic E-state index is 10.6. The molecule has 1 fully saturated rings. The molecule has 0 unspecified atom stereocenters. The Morgan fingerprint density at radius 1 is 1.29 bits per heavy atom. The minimum atomic E-state index is -0.762. The van der Waals surface area contributed by atoms with Crippen LogP contribution in [0.3, 0.4) is 0 Å². The maximum Gasteiger partial charge on any atom is 0.308 e. The van der Waals surface area contributed by atoms with Crippen molar-refractivity contribution >= 4 is 17.3 Å². The van der Waals surface area contributed by atoms with Crippen LogP contribution in [0.25, 0.3) is 0 Å². The summed E-state index contributed by atoms with van der Waals surface area (Å²) in [7, 11) is 0. The van der Waals surface area contributed by atoms with Gasteiger partial charge in [-0.1, -0.05) is 6.42 Å². The third-order valence-corrected chi connectivity index (χ3v) is 3.96. The van der Waals surface area contributed by atoms with Crippen LogP contribution in [0.15, 0.2) is 12.1 Å². The summed E-state index contributed by atoms with van der Waals surface area (Å²) in [5, 5.41) is 11.0. The van der Waals surface area contributed by atoms with Crippen LogP contribution < -0.4 is 5.43 Å². The number of hydrazine groups is 1. The lowest BCUT2D eigenvalue weighted by Crippen LogP contribution is -2.40. The summed E-state index contributed by atoms with van der Waals surface area (Å²) in [6, 6.07) is 3.92. The summed E-state index contributed by atoms with van der Waals surface area (Å²) in [5.74, 6) is -0.762.